The molecule has 0 bridgehead atoms. The highest BCUT2D eigenvalue weighted by atomic mass is 32.1. The number of pyridine rings is 1. The number of aliphatic carboxylic acids is 1. The minimum absolute atomic E-state index is 0.766. The van der Waals surface area contributed by atoms with Crippen molar-refractivity contribution in [1.29, 1.82) is 0 Å². The summed E-state index contributed by atoms with van der Waals surface area (Å²) in [6.45, 7) is 1.80. The normalized spacial score (nSPS) is 11.5. The van der Waals surface area contributed by atoms with Crippen LogP contribution >= 0.6 is 11.3 Å². The number of thiophene rings is 1. The van der Waals surface area contributed by atoms with Crippen molar-refractivity contribution in [1.82, 2.24) is 4.98 Å². The first-order valence-corrected chi connectivity index (χ1v) is 5.90. The summed E-state index contributed by atoms with van der Waals surface area (Å²) < 4.78 is 0. The molecule has 2 heterocycles. The largest absolute Gasteiger partial charge is 0.478 e. The number of carbonyl (C=O) groups is 1. The van der Waals surface area contributed by atoms with Crippen molar-refractivity contribution in [3.8, 4) is 10.4 Å². The van der Waals surface area contributed by atoms with E-state index in [2.05, 4.69) is 4.98 Å². The van der Waals surface area contributed by atoms with Gasteiger partial charge in [-0.25, -0.2) is 4.79 Å². The number of hydrogen-bond acceptors (Lipinski definition) is 3. The molecule has 0 spiro atoms. The van der Waals surface area contributed by atoms with E-state index < -0.39 is 5.97 Å². The Hall–Kier alpha value is -1.94. The number of hydrogen-bond donors (Lipinski definition) is 1. The summed E-state index contributed by atoms with van der Waals surface area (Å²) in [6.07, 6.45) is 4.71. The number of carboxylic acids is 1. The summed E-state index contributed by atoms with van der Waals surface area (Å²) in [4.78, 5) is 16.6. The maximum atomic E-state index is 10.6. The van der Waals surface area contributed by atoms with Gasteiger partial charge < -0.3 is 5.11 Å². The molecule has 0 unspecified atom stereocenters. The van der Waals surface area contributed by atoms with E-state index in [9.17, 15) is 4.79 Å². The maximum absolute atomic E-state index is 10.6. The topological polar surface area (TPSA) is 50.2 Å². The van der Waals surface area contributed by atoms with Gasteiger partial charge in [-0.15, -0.1) is 11.3 Å². The average molecular weight is 245 g/mol. The van der Waals surface area contributed by atoms with Crippen LogP contribution in [0.25, 0.3) is 16.0 Å². The van der Waals surface area contributed by atoms with Crippen LogP contribution in [0.4, 0.5) is 0 Å². The van der Waals surface area contributed by atoms with Gasteiger partial charge in [0.15, 0.2) is 0 Å². The zero-order valence-electron chi connectivity index (χ0n) is 9.25. The summed E-state index contributed by atoms with van der Waals surface area (Å²) in [6, 6.07) is 7.81. The number of rotatable bonds is 3. The van der Waals surface area contributed by atoms with Gasteiger partial charge in [0, 0.05) is 28.2 Å². The van der Waals surface area contributed by atoms with Gasteiger partial charge in [0.1, 0.15) is 0 Å². The zero-order chi connectivity index (χ0) is 12.3. The molecular formula is C13H11NO2S. The molecule has 86 valence electrons. The highest BCUT2D eigenvalue weighted by Crippen LogP contribution is 2.31. The fourth-order valence-electron chi connectivity index (χ4n) is 1.48. The first-order chi connectivity index (χ1) is 8.16. The average Bonchev–Trinajstić information content (AvgIpc) is 2.78. The highest BCUT2D eigenvalue weighted by molar-refractivity contribution is 7.16. The molecular weight excluding hydrogens is 234 g/mol. The SMILES string of the molecule is C/C(=C\C(=O)O)c1ccc(-c2ccncc2)s1. The molecule has 0 aliphatic carbocycles. The molecule has 1 N–H and O–H groups in total. The van der Waals surface area contributed by atoms with Crippen LogP contribution in [0.3, 0.4) is 0 Å². The Morgan fingerprint density at radius 1 is 1.29 bits per heavy atom. The van der Waals surface area contributed by atoms with Crippen molar-refractivity contribution in [2.75, 3.05) is 0 Å². The van der Waals surface area contributed by atoms with Crippen molar-refractivity contribution in [2.45, 2.75) is 6.92 Å². The quantitative estimate of drug-likeness (QED) is 0.844. The number of allylic oxidation sites excluding steroid dienone is 1. The van der Waals surface area contributed by atoms with Crippen LogP contribution in [-0.4, -0.2) is 16.1 Å². The summed E-state index contributed by atoms with van der Waals surface area (Å²) in [5.74, 6) is -0.915. The monoisotopic (exact) mass is 245 g/mol. The van der Waals surface area contributed by atoms with Crippen molar-refractivity contribution >= 4 is 22.9 Å². The lowest BCUT2D eigenvalue weighted by molar-refractivity contribution is -0.131. The number of nitrogens with zero attached hydrogens (tertiary/aromatic N) is 1. The Morgan fingerprint density at radius 2 is 2.00 bits per heavy atom. The number of aromatic nitrogens is 1. The van der Waals surface area contributed by atoms with Crippen molar-refractivity contribution in [2.24, 2.45) is 0 Å². The van der Waals surface area contributed by atoms with E-state index >= 15 is 0 Å². The third kappa shape index (κ3) is 2.79. The molecule has 0 saturated carbocycles. The zero-order valence-corrected chi connectivity index (χ0v) is 10.1. The summed E-state index contributed by atoms with van der Waals surface area (Å²) in [5, 5.41) is 8.69. The molecule has 0 aliphatic heterocycles. The molecule has 3 nitrogen and oxygen atoms in total. The Kier molecular flexibility index (Phi) is 3.35. The highest BCUT2D eigenvalue weighted by Gasteiger charge is 2.05. The first kappa shape index (κ1) is 11.5. The Labute approximate surface area is 103 Å². The number of carboxylic acid groups (broad SMARTS) is 1. The first-order valence-electron chi connectivity index (χ1n) is 5.08. The Morgan fingerprint density at radius 3 is 2.65 bits per heavy atom. The minimum atomic E-state index is -0.915. The molecule has 2 aromatic heterocycles. The van der Waals surface area contributed by atoms with Gasteiger partial charge in [0.25, 0.3) is 0 Å². The van der Waals surface area contributed by atoms with E-state index in [1.54, 1.807) is 30.7 Å². The van der Waals surface area contributed by atoms with E-state index in [0.717, 1.165) is 20.9 Å². The van der Waals surface area contributed by atoms with Gasteiger partial charge in [0.2, 0.25) is 0 Å². The van der Waals surface area contributed by atoms with Crippen LogP contribution in [-0.2, 0) is 4.79 Å². The van der Waals surface area contributed by atoms with E-state index in [1.165, 1.54) is 6.08 Å². The molecule has 0 amide bonds. The predicted molar refractivity (Wildman–Crippen MR) is 68.8 cm³/mol. The van der Waals surface area contributed by atoms with Crippen LogP contribution in [0.15, 0.2) is 42.7 Å². The molecule has 0 aromatic carbocycles. The van der Waals surface area contributed by atoms with E-state index in [4.69, 9.17) is 5.11 Å². The van der Waals surface area contributed by atoms with Crippen LogP contribution in [0, 0.1) is 0 Å². The fourth-order valence-corrected chi connectivity index (χ4v) is 2.46. The van der Waals surface area contributed by atoms with Crippen molar-refractivity contribution < 1.29 is 9.90 Å². The van der Waals surface area contributed by atoms with Crippen LogP contribution in [0.5, 0.6) is 0 Å². The molecule has 2 rings (SSSR count). The van der Waals surface area contributed by atoms with E-state index in [-0.39, 0.29) is 0 Å². The Bertz CT molecular complexity index is 558. The van der Waals surface area contributed by atoms with Gasteiger partial charge in [-0.1, -0.05) is 0 Å². The molecule has 0 radical (unpaired) electrons. The molecule has 0 atom stereocenters. The molecule has 0 aliphatic rings. The standard InChI is InChI=1S/C13H11NO2S/c1-9(8-13(15)16)11-2-3-12(17-11)10-4-6-14-7-5-10/h2-8H,1H3,(H,15,16)/b9-8+. The van der Waals surface area contributed by atoms with Crippen LogP contribution < -0.4 is 0 Å². The van der Waals surface area contributed by atoms with Gasteiger partial charge in [0.05, 0.1) is 0 Å². The Balaban J connectivity index is 2.31. The van der Waals surface area contributed by atoms with Gasteiger partial charge in [-0.2, -0.15) is 0 Å². The van der Waals surface area contributed by atoms with E-state index in [1.807, 2.05) is 24.3 Å². The second-order valence-corrected chi connectivity index (χ2v) is 4.65. The third-order valence-corrected chi connectivity index (χ3v) is 3.57. The van der Waals surface area contributed by atoms with Gasteiger partial charge >= 0.3 is 5.97 Å². The van der Waals surface area contributed by atoms with E-state index in [0.29, 0.717) is 0 Å². The van der Waals surface area contributed by atoms with Crippen LogP contribution in [0.1, 0.15) is 11.8 Å². The second kappa shape index (κ2) is 4.93. The molecule has 0 saturated heterocycles. The summed E-state index contributed by atoms with van der Waals surface area (Å²) in [7, 11) is 0. The summed E-state index contributed by atoms with van der Waals surface area (Å²) >= 11 is 1.58. The second-order valence-electron chi connectivity index (χ2n) is 3.57. The maximum Gasteiger partial charge on any atom is 0.328 e. The molecule has 0 fully saturated rings. The van der Waals surface area contributed by atoms with Gasteiger partial charge in [-0.3, -0.25) is 4.98 Å². The van der Waals surface area contributed by atoms with Crippen LogP contribution in [0.2, 0.25) is 0 Å². The molecule has 2 aromatic rings. The lowest BCUT2D eigenvalue weighted by Crippen LogP contribution is -1.88. The minimum Gasteiger partial charge on any atom is -0.478 e. The van der Waals surface area contributed by atoms with Gasteiger partial charge in [-0.05, 0) is 42.3 Å². The third-order valence-electron chi connectivity index (χ3n) is 2.30. The summed E-state index contributed by atoms with van der Waals surface area (Å²) in [5.41, 5.74) is 1.86. The fraction of sp³-hybridized carbons (Fsp3) is 0.0769. The lowest BCUT2D eigenvalue weighted by Gasteiger charge is -1.96. The predicted octanol–water partition coefficient (Wildman–Crippen LogP) is 3.30. The molecule has 17 heavy (non-hydrogen) atoms. The van der Waals surface area contributed by atoms with Crippen molar-refractivity contribution in [3.63, 3.8) is 0 Å². The smallest absolute Gasteiger partial charge is 0.328 e. The molecule has 4 heteroatoms. The van der Waals surface area contributed by atoms with Crippen molar-refractivity contribution in [3.05, 3.63) is 47.6 Å². The lowest BCUT2D eigenvalue weighted by atomic mass is 10.2.